The van der Waals surface area contributed by atoms with Crippen LogP contribution >= 0.6 is 23.2 Å². The summed E-state index contributed by atoms with van der Waals surface area (Å²) in [6.45, 7) is 5.27. The quantitative estimate of drug-likeness (QED) is 0.861. The molecule has 0 heterocycles. The fourth-order valence-electron chi connectivity index (χ4n) is 2.21. The molecule has 0 aliphatic heterocycles. The monoisotopic (exact) mass is 364 g/mol. The van der Waals surface area contributed by atoms with Crippen molar-refractivity contribution in [2.75, 3.05) is 16.8 Å². The van der Waals surface area contributed by atoms with Crippen molar-refractivity contribution < 1.29 is 9.59 Å². The van der Waals surface area contributed by atoms with Crippen LogP contribution in [0.1, 0.15) is 18.1 Å². The van der Waals surface area contributed by atoms with Crippen LogP contribution in [0, 0.1) is 13.8 Å². The van der Waals surface area contributed by atoms with Gasteiger partial charge in [0.15, 0.2) is 0 Å². The van der Waals surface area contributed by atoms with Gasteiger partial charge >= 0.3 is 0 Å². The molecule has 0 atom stereocenters. The molecule has 126 valence electrons. The summed E-state index contributed by atoms with van der Waals surface area (Å²) in [7, 11) is 0. The molecule has 0 unspecified atom stereocenters. The Hall–Kier alpha value is -2.04. The Morgan fingerprint density at radius 1 is 1.08 bits per heavy atom. The number of aryl methyl sites for hydroxylation is 2. The maximum absolute atomic E-state index is 12.3. The van der Waals surface area contributed by atoms with E-state index in [0.717, 1.165) is 11.1 Å². The lowest BCUT2D eigenvalue weighted by molar-refractivity contribution is -0.120. The lowest BCUT2D eigenvalue weighted by Gasteiger charge is -2.22. The van der Waals surface area contributed by atoms with Crippen molar-refractivity contribution in [3.8, 4) is 0 Å². The van der Waals surface area contributed by atoms with Gasteiger partial charge in [0.05, 0.1) is 15.7 Å². The average Bonchev–Trinajstić information content (AvgIpc) is 2.52. The second kappa shape index (κ2) is 7.69. The van der Waals surface area contributed by atoms with E-state index in [1.807, 2.05) is 32.0 Å². The van der Waals surface area contributed by atoms with Gasteiger partial charge in [-0.05, 0) is 49.2 Å². The Morgan fingerprint density at radius 3 is 2.42 bits per heavy atom. The lowest BCUT2D eigenvalue weighted by atomic mass is 10.1. The fraction of sp³-hybridized carbons (Fsp3) is 0.222. The van der Waals surface area contributed by atoms with E-state index in [0.29, 0.717) is 16.4 Å². The number of nitrogens with one attached hydrogen (secondary N) is 1. The summed E-state index contributed by atoms with van der Waals surface area (Å²) in [5, 5.41) is 3.31. The third-order valence-corrected chi connectivity index (χ3v) is 4.53. The van der Waals surface area contributed by atoms with Gasteiger partial charge in [-0.2, -0.15) is 0 Å². The lowest BCUT2D eigenvalue weighted by Crippen LogP contribution is -2.36. The summed E-state index contributed by atoms with van der Waals surface area (Å²) in [4.78, 5) is 25.7. The topological polar surface area (TPSA) is 49.4 Å². The number of rotatable bonds is 4. The highest BCUT2D eigenvalue weighted by Crippen LogP contribution is 2.29. The smallest absolute Gasteiger partial charge is 0.244 e. The molecule has 0 saturated heterocycles. The first-order valence-electron chi connectivity index (χ1n) is 7.39. The van der Waals surface area contributed by atoms with Gasteiger partial charge < -0.3 is 10.2 Å². The van der Waals surface area contributed by atoms with E-state index < -0.39 is 0 Å². The molecule has 0 aliphatic carbocycles. The number of nitrogens with zero attached hydrogens (tertiary/aromatic N) is 1. The number of carbonyl (C=O) groups is 2. The number of halogens is 2. The largest absolute Gasteiger partial charge is 0.323 e. The van der Waals surface area contributed by atoms with Gasteiger partial charge in [0.2, 0.25) is 11.8 Å². The molecule has 2 amide bonds. The molecule has 0 radical (unpaired) electrons. The maximum atomic E-state index is 12.3. The van der Waals surface area contributed by atoms with E-state index in [9.17, 15) is 9.59 Å². The number of hydrogen-bond acceptors (Lipinski definition) is 2. The normalized spacial score (nSPS) is 10.4. The van der Waals surface area contributed by atoms with Crippen LogP contribution in [0.5, 0.6) is 0 Å². The van der Waals surface area contributed by atoms with Crippen molar-refractivity contribution in [1.29, 1.82) is 0 Å². The Labute approximate surface area is 151 Å². The minimum Gasteiger partial charge on any atom is -0.323 e. The molecular formula is C18H18Cl2N2O2. The fourth-order valence-corrected chi connectivity index (χ4v) is 2.56. The Kier molecular flexibility index (Phi) is 5.86. The SMILES string of the molecule is CC(=O)N(CC(=O)Nc1cccc(Cl)c1Cl)c1ccc(C)c(C)c1. The highest BCUT2D eigenvalue weighted by Gasteiger charge is 2.17. The summed E-state index contributed by atoms with van der Waals surface area (Å²) in [6, 6.07) is 10.6. The molecule has 24 heavy (non-hydrogen) atoms. The third kappa shape index (κ3) is 4.28. The standard InChI is InChI=1S/C18H18Cl2N2O2/c1-11-7-8-14(9-12(11)2)22(13(3)23)10-17(24)21-16-6-4-5-15(19)18(16)20/h4-9H,10H2,1-3H3,(H,21,24). The summed E-state index contributed by atoms with van der Waals surface area (Å²) in [5.74, 6) is -0.571. The predicted molar refractivity (Wildman–Crippen MR) is 99.0 cm³/mol. The van der Waals surface area contributed by atoms with E-state index in [1.54, 1.807) is 18.2 Å². The van der Waals surface area contributed by atoms with Gasteiger partial charge in [-0.3, -0.25) is 9.59 Å². The van der Waals surface area contributed by atoms with Crippen molar-refractivity contribution in [3.05, 3.63) is 57.6 Å². The first-order valence-corrected chi connectivity index (χ1v) is 8.14. The average molecular weight is 365 g/mol. The molecule has 2 aromatic carbocycles. The molecule has 0 aromatic heterocycles. The Bertz CT molecular complexity index is 791. The number of hydrogen-bond donors (Lipinski definition) is 1. The van der Waals surface area contributed by atoms with Crippen molar-refractivity contribution in [2.45, 2.75) is 20.8 Å². The highest BCUT2D eigenvalue weighted by atomic mass is 35.5. The molecule has 4 nitrogen and oxygen atoms in total. The zero-order chi connectivity index (χ0) is 17.9. The zero-order valence-electron chi connectivity index (χ0n) is 13.7. The second-order valence-electron chi connectivity index (χ2n) is 5.52. The van der Waals surface area contributed by atoms with Gasteiger partial charge in [0, 0.05) is 12.6 Å². The highest BCUT2D eigenvalue weighted by molar-refractivity contribution is 6.44. The summed E-state index contributed by atoms with van der Waals surface area (Å²) in [5.41, 5.74) is 3.27. The van der Waals surface area contributed by atoms with Crippen molar-refractivity contribution >= 4 is 46.4 Å². The zero-order valence-corrected chi connectivity index (χ0v) is 15.2. The van der Waals surface area contributed by atoms with E-state index in [-0.39, 0.29) is 23.4 Å². The van der Waals surface area contributed by atoms with Crippen LogP contribution in [-0.2, 0) is 9.59 Å². The predicted octanol–water partition coefficient (Wildman–Crippen LogP) is 4.60. The molecule has 1 N–H and O–H groups in total. The van der Waals surface area contributed by atoms with Gasteiger partial charge in [0.25, 0.3) is 0 Å². The van der Waals surface area contributed by atoms with Gasteiger partial charge in [-0.15, -0.1) is 0 Å². The first kappa shape index (κ1) is 18.3. The molecule has 2 aromatic rings. The Morgan fingerprint density at radius 2 is 1.79 bits per heavy atom. The van der Waals surface area contributed by atoms with Gasteiger partial charge in [0.1, 0.15) is 6.54 Å². The van der Waals surface area contributed by atoms with E-state index in [2.05, 4.69) is 5.32 Å². The summed E-state index contributed by atoms with van der Waals surface area (Å²) < 4.78 is 0. The maximum Gasteiger partial charge on any atom is 0.244 e. The van der Waals surface area contributed by atoms with Crippen LogP contribution in [0.3, 0.4) is 0 Å². The van der Waals surface area contributed by atoms with Crippen LogP contribution in [-0.4, -0.2) is 18.4 Å². The van der Waals surface area contributed by atoms with Crippen LogP contribution in [0.2, 0.25) is 10.0 Å². The summed E-state index contributed by atoms with van der Waals surface area (Å²) >= 11 is 12.0. The van der Waals surface area contributed by atoms with Gasteiger partial charge in [-0.25, -0.2) is 0 Å². The minimum atomic E-state index is -0.354. The van der Waals surface area contributed by atoms with E-state index in [1.165, 1.54) is 11.8 Å². The second-order valence-corrected chi connectivity index (χ2v) is 6.31. The molecule has 6 heteroatoms. The van der Waals surface area contributed by atoms with Crippen LogP contribution in [0.15, 0.2) is 36.4 Å². The molecule has 0 saturated carbocycles. The number of anilines is 2. The number of benzene rings is 2. The van der Waals surface area contributed by atoms with Crippen molar-refractivity contribution in [3.63, 3.8) is 0 Å². The number of amides is 2. The van der Waals surface area contributed by atoms with Crippen LogP contribution in [0.25, 0.3) is 0 Å². The van der Waals surface area contributed by atoms with Gasteiger partial charge in [-0.1, -0.05) is 35.3 Å². The van der Waals surface area contributed by atoms with Crippen LogP contribution in [0.4, 0.5) is 11.4 Å². The molecular weight excluding hydrogens is 347 g/mol. The molecule has 0 aliphatic rings. The van der Waals surface area contributed by atoms with Crippen LogP contribution < -0.4 is 10.2 Å². The minimum absolute atomic E-state index is 0.110. The summed E-state index contributed by atoms with van der Waals surface area (Å²) in [6.07, 6.45) is 0. The Balaban J connectivity index is 2.18. The first-order chi connectivity index (χ1) is 11.3. The third-order valence-electron chi connectivity index (χ3n) is 3.71. The van der Waals surface area contributed by atoms with E-state index >= 15 is 0 Å². The van der Waals surface area contributed by atoms with Crippen molar-refractivity contribution in [1.82, 2.24) is 0 Å². The molecule has 2 rings (SSSR count). The molecule has 0 spiro atoms. The molecule has 0 fully saturated rings. The van der Waals surface area contributed by atoms with Crippen molar-refractivity contribution in [2.24, 2.45) is 0 Å². The number of carbonyl (C=O) groups excluding carboxylic acids is 2. The molecule has 0 bridgehead atoms. The van der Waals surface area contributed by atoms with E-state index in [4.69, 9.17) is 23.2 Å².